The van der Waals surface area contributed by atoms with Crippen molar-refractivity contribution in [2.45, 2.75) is 0 Å². The van der Waals surface area contributed by atoms with Gasteiger partial charge in [-0.3, -0.25) is 15.5 Å². The maximum atomic E-state index is 11.1. The second kappa shape index (κ2) is 7.03. The molecule has 3 N–H and O–H groups in total. The summed E-state index contributed by atoms with van der Waals surface area (Å²) in [7, 11) is 1.60. The average molecular weight is 314 g/mol. The average Bonchev–Trinajstić information content (AvgIpc) is 2.55. The highest BCUT2D eigenvalue weighted by molar-refractivity contribution is 5.94. The van der Waals surface area contributed by atoms with E-state index in [1.807, 2.05) is 0 Å². The van der Waals surface area contributed by atoms with Gasteiger partial charge in [0.1, 0.15) is 5.69 Å². The molecule has 0 atom stereocenters. The molecule has 8 nitrogen and oxygen atoms in total. The molecule has 0 amide bonds. The Morgan fingerprint density at radius 3 is 2.65 bits per heavy atom. The number of benzene rings is 2. The van der Waals surface area contributed by atoms with E-state index in [1.165, 1.54) is 18.3 Å². The summed E-state index contributed by atoms with van der Waals surface area (Å²) in [5.74, 6) is -1.07. The first kappa shape index (κ1) is 16.0. The number of hydrazone groups is 1. The number of aromatic carboxylic acids is 1. The van der Waals surface area contributed by atoms with Gasteiger partial charge in [-0.15, -0.1) is 0 Å². The molecule has 23 heavy (non-hydrogen) atoms. The number of carboxylic acid groups (broad SMARTS) is 1. The van der Waals surface area contributed by atoms with Gasteiger partial charge in [0, 0.05) is 18.7 Å². The number of anilines is 2. The number of carbonyl (C=O) groups is 1. The van der Waals surface area contributed by atoms with Crippen LogP contribution in [0.3, 0.4) is 0 Å². The van der Waals surface area contributed by atoms with E-state index in [0.717, 1.165) is 0 Å². The molecule has 0 spiro atoms. The zero-order valence-corrected chi connectivity index (χ0v) is 12.2. The van der Waals surface area contributed by atoms with E-state index in [9.17, 15) is 14.9 Å². The molecule has 0 fully saturated rings. The zero-order chi connectivity index (χ0) is 16.8. The van der Waals surface area contributed by atoms with Crippen LogP contribution in [0.15, 0.2) is 47.6 Å². The quantitative estimate of drug-likeness (QED) is 0.429. The zero-order valence-electron chi connectivity index (χ0n) is 12.2. The normalized spacial score (nSPS) is 10.5. The van der Waals surface area contributed by atoms with Crippen LogP contribution in [-0.4, -0.2) is 29.3 Å². The summed E-state index contributed by atoms with van der Waals surface area (Å²) < 4.78 is 0. The molecule has 8 heteroatoms. The van der Waals surface area contributed by atoms with Crippen LogP contribution in [0.1, 0.15) is 15.9 Å². The lowest BCUT2D eigenvalue weighted by Crippen LogP contribution is -2.02. The third-order valence-corrected chi connectivity index (χ3v) is 3.04. The Bertz CT molecular complexity index is 774. The molecular weight excluding hydrogens is 300 g/mol. The Balaban J connectivity index is 2.20. The van der Waals surface area contributed by atoms with Crippen LogP contribution >= 0.6 is 0 Å². The van der Waals surface area contributed by atoms with Crippen LogP contribution in [0.2, 0.25) is 0 Å². The fourth-order valence-electron chi connectivity index (χ4n) is 1.93. The fraction of sp³-hybridized carbons (Fsp3) is 0.0667. The summed E-state index contributed by atoms with van der Waals surface area (Å²) >= 11 is 0. The van der Waals surface area contributed by atoms with Gasteiger partial charge < -0.3 is 10.4 Å². The van der Waals surface area contributed by atoms with Crippen LogP contribution in [0.4, 0.5) is 17.1 Å². The SMILES string of the molecule is CNc1ccc(/C=N/Nc2ccccc2C(=O)O)cc1[N+](=O)[O-]. The number of hydrogen-bond acceptors (Lipinski definition) is 6. The Labute approximate surface area is 131 Å². The molecule has 0 radical (unpaired) electrons. The maximum Gasteiger partial charge on any atom is 0.337 e. The van der Waals surface area contributed by atoms with Crippen LogP contribution in [-0.2, 0) is 0 Å². The lowest BCUT2D eigenvalue weighted by molar-refractivity contribution is -0.383. The lowest BCUT2D eigenvalue weighted by atomic mass is 10.2. The standard InChI is InChI=1S/C15H14N4O4/c1-16-13-7-6-10(8-14(13)19(22)23)9-17-18-12-5-3-2-4-11(12)15(20)21/h2-9,16,18H,1H3,(H,20,21)/b17-9+. The highest BCUT2D eigenvalue weighted by atomic mass is 16.6. The maximum absolute atomic E-state index is 11.1. The van der Waals surface area contributed by atoms with E-state index >= 15 is 0 Å². The molecule has 0 aliphatic heterocycles. The molecule has 0 aromatic heterocycles. The Morgan fingerprint density at radius 2 is 2.00 bits per heavy atom. The number of nitro benzene ring substituents is 1. The molecule has 2 aromatic rings. The summed E-state index contributed by atoms with van der Waals surface area (Å²) in [6.07, 6.45) is 1.38. The van der Waals surface area contributed by atoms with Crippen molar-refractivity contribution >= 4 is 29.2 Å². The van der Waals surface area contributed by atoms with Gasteiger partial charge in [0.2, 0.25) is 0 Å². The first-order valence-electron chi connectivity index (χ1n) is 6.60. The van der Waals surface area contributed by atoms with Gasteiger partial charge in [0.25, 0.3) is 5.69 Å². The molecule has 2 rings (SSSR count). The topological polar surface area (TPSA) is 117 Å². The molecule has 0 heterocycles. The molecule has 2 aromatic carbocycles. The number of carboxylic acids is 1. The summed E-state index contributed by atoms with van der Waals surface area (Å²) in [5, 5.41) is 26.7. The smallest absolute Gasteiger partial charge is 0.337 e. The molecule has 118 valence electrons. The van der Waals surface area contributed by atoms with E-state index in [4.69, 9.17) is 5.11 Å². The van der Waals surface area contributed by atoms with Crippen LogP contribution < -0.4 is 10.7 Å². The van der Waals surface area contributed by atoms with Crippen molar-refractivity contribution in [2.75, 3.05) is 17.8 Å². The number of hydrogen-bond donors (Lipinski definition) is 3. The van der Waals surface area contributed by atoms with E-state index in [2.05, 4.69) is 15.8 Å². The van der Waals surface area contributed by atoms with E-state index in [1.54, 1.807) is 37.4 Å². The van der Waals surface area contributed by atoms with Crippen LogP contribution in [0.25, 0.3) is 0 Å². The minimum atomic E-state index is -1.07. The molecule has 0 aliphatic carbocycles. The third-order valence-electron chi connectivity index (χ3n) is 3.04. The van der Waals surface area contributed by atoms with Gasteiger partial charge in [-0.2, -0.15) is 5.10 Å². The summed E-state index contributed by atoms with van der Waals surface area (Å²) in [4.78, 5) is 21.6. The van der Waals surface area contributed by atoms with Crippen molar-refractivity contribution in [3.8, 4) is 0 Å². The molecule has 0 unspecified atom stereocenters. The van der Waals surface area contributed by atoms with Crippen LogP contribution in [0, 0.1) is 10.1 Å². The number of nitrogens with one attached hydrogen (secondary N) is 2. The molecule has 0 aliphatic rings. The van der Waals surface area contributed by atoms with Gasteiger partial charge in [-0.05, 0) is 18.2 Å². The van der Waals surface area contributed by atoms with Gasteiger partial charge in [-0.25, -0.2) is 4.79 Å². The van der Waals surface area contributed by atoms with Gasteiger partial charge in [0.15, 0.2) is 0 Å². The molecule has 0 saturated carbocycles. The predicted molar refractivity (Wildman–Crippen MR) is 87.3 cm³/mol. The second-order valence-corrected chi connectivity index (χ2v) is 4.50. The third kappa shape index (κ3) is 3.82. The van der Waals surface area contributed by atoms with Crippen LogP contribution in [0.5, 0.6) is 0 Å². The van der Waals surface area contributed by atoms with Crippen molar-refractivity contribution in [1.29, 1.82) is 0 Å². The number of para-hydroxylation sites is 1. The fourth-order valence-corrected chi connectivity index (χ4v) is 1.93. The number of nitro groups is 1. The van der Waals surface area contributed by atoms with E-state index < -0.39 is 10.9 Å². The van der Waals surface area contributed by atoms with E-state index in [0.29, 0.717) is 16.9 Å². The lowest BCUT2D eigenvalue weighted by Gasteiger charge is -2.05. The minimum Gasteiger partial charge on any atom is -0.478 e. The first-order valence-corrected chi connectivity index (χ1v) is 6.60. The van der Waals surface area contributed by atoms with Gasteiger partial charge in [0.05, 0.1) is 22.4 Å². The van der Waals surface area contributed by atoms with Crippen molar-refractivity contribution in [1.82, 2.24) is 0 Å². The van der Waals surface area contributed by atoms with Gasteiger partial charge in [-0.1, -0.05) is 18.2 Å². The van der Waals surface area contributed by atoms with Crippen molar-refractivity contribution in [2.24, 2.45) is 5.10 Å². The highest BCUT2D eigenvalue weighted by Crippen LogP contribution is 2.24. The summed E-state index contributed by atoms with van der Waals surface area (Å²) in [6, 6.07) is 10.9. The van der Waals surface area contributed by atoms with Crippen molar-refractivity contribution in [3.63, 3.8) is 0 Å². The molecule has 0 saturated heterocycles. The number of nitrogens with zero attached hydrogens (tertiary/aromatic N) is 2. The number of rotatable bonds is 6. The highest BCUT2D eigenvalue weighted by Gasteiger charge is 2.12. The Kier molecular flexibility index (Phi) is 4.88. The first-order chi connectivity index (χ1) is 11.0. The Hall–Kier alpha value is -3.42. The molecular formula is C15H14N4O4. The van der Waals surface area contributed by atoms with Crippen molar-refractivity contribution < 1.29 is 14.8 Å². The van der Waals surface area contributed by atoms with Crippen molar-refractivity contribution in [3.05, 3.63) is 63.7 Å². The second-order valence-electron chi connectivity index (χ2n) is 4.50. The summed E-state index contributed by atoms with van der Waals surface area (Å²) in [6.45, 7) is 0. The Morgan fingerprint density at radius 1 is 1.26 bits per heavy atom. The summed E-state index contributed by atoms with van der Waals surface area (Å²) in [5.41, 5.74) is 3.88. The predicted octanol–water partition coefficient (Wildman–Crippen LogP) is 2.78. The van der Waals surface area contributed by atoms with E-state index in [-0.39, 0.29) is 11.3 Å². The van der Waals surface area contributed by atoms with Gasteiger partial charge >= 0.3 is 5.97 Å². The minimum absolute atomic E-state index is 0.0672. The monoisotopic (exact) mass is 314 g/mol. The largest absolute Gasteiger partial charge is 0.478 e. The molecule has 0 bridgehead atoms.